The fraction of sp³-hybridized carbons (Fsp3) is 1.00. The van der Waals surface area contributed by atoms with Crippen molar-refractivity contribution in [3.05, 3.63) is 0 Å². The van der Waals surface area contributed by atoms with Gasteiger partial charge in [0.15, 0.2) is 0 Å². The Morgan fingerprint density at radius 1 is 1.27 bits per heavy atom. The number of hydrogen-bond acceptors (Lipinski definition) is 3. The van der Waals surface area contributed by atoms with E-state index in [2.05, 4.69) is 11.8 Å². The molecule has 1 aliphatic heterocycles. The smallest absolute Gasteiger partial charge is 0.0644 e. The van der Waals surface area contributed by atoms with E-state index in [1.54, 1.807) is 0 Å². The molecule has 0 aromatic carbocycles. The van der Waals surface area contributed by atoms with E-state index in [4.69, 9.17) is 4.74 Å². The van der Waals surface area contributed by atoms with Crippen molar-refractivity contribution in [2.75, 3.05) is 32.8 Å². The number of ether oxygens (including phenoxy) is 1. The Labute approximate surface area is 93.4 Å². The summed E-state index contributed by atoms with van der Waals surface area (Å²) in [7, 11) is 0. The van der Waals surface area contributed by atoms with Crippen LogP contribution in [0.15, 0.2) is 0 Å². The van der Waals surface area contributed by atoms with Crippen molar-refractivity contribution >= 4 is 0 Å². The lowest BCUT2D eigenvalue weighted by Crippen LogP contribution is -2.43. The van der Waals surface area contributed by atoms with Gasteiger partial charge < -0.3 is 14.7 Å². The lowest BCUT2D eigenvalue weighted by atomic mass is 9.94. The van der Waals surface area contributed by atoms with Crippen LogP contribution >= 0.6 is 0 Å². The lowest BCUT2D eigenvalue weighted by Gasteiger charge is -2.35. The molecule has 1 heterocycles. The fourth-order valence-electron chi connectivity index (χ4n) is 1.80. The van der Waals surface area contributed by atoms with Crippen molar-refractivity contribution in [2.24, 2.45) is 0 Å². The molecule has 1 fully saturated rings. The van der Waals surface area contributed by atoms with E-state index in [1.165, 1.54) is 6.42 Å². The van der Waals surface area contributed by atoms with Crippen LogP contribution in [0.25, 0.3) is 0 Å². The van der Waals surface area contributed by atoms with Crippen molar-refractivity contribution in [1.82, 2.24) is 4.90 Å². The highest BCUT2D eigenvalue weighted by molar-refractivity contribution is 4.81. The van der Waals surface area contributed by atoms with Gasteiger partial charge in [-0.25, -0.2) is 0 Å². The molecule has 1 N–H and O–H groups in total. The van der Waals surface area contributed by atoms with Crippen molar-refractivity contribution in [1.29, 1.82) is 0 Å². The Hall–Kier alpha value is -0.120. The van der Waals surface area contributed by atoms with E-state index in [0.29, 0.717) is 0 Å². The molecular weight excluding hydrogens is 190 g/mol. The van der Waals surface area contributed by atoms with Crippen molar-refractivity contribution in [2.45, 2.75) is 45.1 Å². The SMILES string of the molecule is CCCCOCCN1CCC(C)(O)CC1. The van der Waals surface area contributed by atoms with Crippen LogP contribution in [-0.2, 0) is 4.74 Å². The second-order valence-corrected chi connectivity index (χ2v) is 4.80. The third kappa shape index (κ3) is 5.50. The van der Waals surface area contributed by atoms with Crippen LogP contribution in [0.5, 0.6) is 0 Å². The quantitative estimate of drug-likeness (QED) is 0.684. The van der Waals surface area contributed by atoms with Gasteiger partial charge in [0.1, 0.15) is 0 Å². The summed E-state index contributed by atoms with van der Waals surface area (Å²) in [6, 6.07) is 0. The van der Waals surface area contributed by atoms with E-state index < -0.39 is 5.60 Å². The molecule has 0 radical (unpaired) electrons. The highest BCUT2D eigenvalue weighted by Crippen LogP contribution is 2.20. The van der Waals surface area contributed by atoms with Gasteiger partial charge >= 0.3 is 0 Å². The summed E-state index contributed by atoms with van der Waals surface area (Å²) >= 11 is 0. The number of likely N-dealkylation sites (tertiary alicyclic amines) is 1. The highest BCUT2D eigenvalue weighted by atomic mass is 16.5. The van der Waals surface area contributed by atoms with Gasteiger partial charge in [-0.15, -0.1) is 0 Å². The number of rotatable bonds is 6. The molecular formula is C12H25NO2. The van der Waals surface area contributed by atoms with E-state index in [0.717, 1.165) is 52.1 Å². The summed E-state index contributed by atoms with van der Waals surface area (Å²) in [4.78, 5) is 2.38. The summed E-state index contributed by atoms with van der Waals surface area (Å²) in [6.07, 6.45) is 4.14. The summed E-state index contributed by atoms with van der Waals surface area (Å²) in [5.41, 5.74) is -0.431. The zero-order valence-corrected chi connectivity index (χ0v) is 10.2. The fourth-order valence-corrected chi connectivity index (χ4v) is 1.80. The molecule has 90 valence electrons. The molecule has 1 rings (SSSR count). The maximum atomic E-state index is 9.78. The average molecular weight is 215 g/mol. The zero-order valence-electron chi connectivity index (χ0n) is 10.2. The topological polar surface area (TPSA) is 32.7 Å². The number of hydrogen-bond donors (Lipinski definition) is 1. The molecule has 0 aliphatic carbocycles. The molecule has 1 saturated heterocycles. The van der Waals surface area contributed by atoms with Gasteiger partial charge in [0.25, 0.3) is 0 Å². The maximum absolute atomic E-state index is 9.78. The molecule has 0 atom stereocenters. The molecule has 0 bridgehead atoms. The van der Waals surface area contributed by atoms with Crippen LogP contribution in [0, 0.1) is 0 Å². The molecule has 0 unspecified atom stereocenters. The van der Waals surface area contributed by atoms with Crippen LogP contribution in [0.2, 0.25) is 0 Å². The summed E-state index contributed by atoms with van der Waals surface area (Å²) in [6.45, 7) is 8.86. The van der Waals surface area contributed by atoms with Crippen LogP contribution in [-0.4, -0.2) is 48.5 Å². The molecule has 0 aromatic rings. The Bertz CT molecular complexity index is 161. The molecule has 1 aliphatic rings. The molecule has 0 saturated carbocycles. The third-order valence-electron chi connectivity index (χ3n) is 3.13. The second-order valence-electron chi connectivity index (χ2n) is 4.80. The summed E-state index contributed by atoms with van der Waals surface area (Å²) in [5, 5.41) is 9.78. The highest BCUT2D eigenvalue weighted by Gasteiger charge is 2.26. The van der Waals surface area contributed by atoms with E-state index in [9.17, 15) is 5.11 Å². The second kappa shape index (κ2) is 6.46. The molecule has 0 spiro atoms. The van der Waals surface area contributed by atoms with Crippen LogP contribution < -0.4 is 0 Å². The first-order valence-corrected chi connectivity index (χ1v) is 6.16. The Morgan fingerprint density at radius 3 is 2.53 bits per heavy atom. The molecule has 3 nitrogen and oxygen atoms in total. The predicted molar refractivity (Wildman–Crippen MR) is 62.0 cm³/mol. The Kier molecular flexibility index (Phi) is 5.58. The third-order valence-corrected chi connectivity index (χ3v) is 3.13. The minimum absolute atomic E-state index is 0.431. The molecule has 3 heteroatoms. The van der Waals surface area contributed by atoms with Crippen molar-refractivity contribution < 1.29 is 9.84 Å². The zero-order chi connectivity index (χ0) is 11.1. The Morgan fingerprint density at radius 2 is 1.93 bits per heavy atom. The van der Waals surface area contributed by atoms with E-state index in [-0.39, 0.29) is 0 Å². The monoisotopic (exact) mass is 215 g/mol. The number of nitrogens with zero attached hydrogens (tertiary/aromatic N) is 1. The van der Waals surface area contributed by atoms with Gasteiger partial charge in [-0.05, 0) is 26.2 Å². The first-order valence-electron chi connectivity index (χ1n) is 6.16. The lowest BCUT2D eigenvalue weighted by molar-refractivity contribution is -0.0124. The standard InChI is InChI=1S/C12H25NO2/c1-3-4-10-15-11-9-13-7-5-12(2,14)6-8-13/h14H,3-11H2,1-2H3. The Balaban J connectivity index is 1.99. The summed E-state index contributed by atoms with van der Waals surface area (Å²) in [5.74, 6) is 0. The normalized spacial score (nSPS) is 21.8. The largest absolute Gasteiger partial charge is 0.390 e. The molecule has 15 heavy (non-hydrogen) atoms. The molecule has 0 aromatic heterocycles. The number of piperidine rings is 1. The van der Waals surface area contributed by atoms with Crippen molar-refractivity contribution in [3.63, 3.8) is 0 Å². The van der Waals surface area contributed by atoms with Gasteiger partial charge in [0.05, 0.1) is 12.2 Å². The summed E-state index contributed by atoms with van der Waals surface area (Å²) < 4.78 is 5.52. The van der Waals surface area contributed by atoms with Crippen molar-refractivity contribution in [3.8, 4) is 0 Å². The first kappa shape index (κ1) is 12.9. The minimum atomic E-state index is -0.431. The van der Waals surface area contributed by atoms with Gasteiger partial charge in [-0.2, -0.15) is 0 Å². The van der Waals surface area contributed by atoms with Gasteiger partial charge in [0.2, 0.25) is 0 Å². The van der Waals surface area contributed by atoms with Gasteiger partial charge in [0, 0.05) is 26.2 Å². The van der Waals surface area contributed by atoms with E-state index in [1.807, 2.05) is 6.92 Å². The van der Waals surface area contributed by atoms with E-state index >= 15 is 0 Å². The maximum Gasteiger partial charge on any atom is 0.0644 e. The van der Waals surface area contributed by atoms with Crippen LogP contribution in [0.3, 0.4) is 0 Å². The van der Waals surface area contributed by atoms with Crippen LogP contribution in [0.1, 0.15) is 39.5 Å². The van der Waals surface area contributed by atoms with Crippen LogP contribution in [0.4, 0.5) is 0 Å². The number of unbranched alkanes of at least 4 members (excludes halogenated alkanes) is 1. The van der Waals surface area contributed by atoms with Gasteiger partial charge in [-0.3, -0.25) is 0 Å². The first-order chi connectivity index (χ1) is 7.14. The average Bonchev–Trinajstić information content (AvgIpc) is 2.20. The molecule has 0 amide bonds. The predicted octanol–water partition coefficient (Wildman–Crippen LogP) is 1.65. The number of aliphatic hydroxyl groups is 1. The minimum Gasteiger partial charge on any atom is -0.390 e. The van der Waals surface area contributed by atoms with Gasteiger partial charge in [-0.1, -0.05) is 13.3 Å².